The molecule has 3 aromatic carbocycles. The number of amides is 1. The van der Waals surface area contributed by atoms with E-state index in [9.17, 15) is 18.0 Å². The second-order valence-electron chi connectivity index (χ2n) is 8.65. The van der Waals surface area contributed by atoms with E-state index in [0.717, 1.165) is 28.0 Å². The topological polar surface area (TPSA) is 99.0 Å². The van der Waals surface area contributed by atoms with Crippen molar-refractivity contribution >= 4 is 27.8 Å². The Morgan fingerprint density at radius 1 is 0.974 bits per heavy atom. The number of nitrogens with one attached hydrogen (secondary N) is 1. The zero-order chi connectivity index (χ0) is 28.7. The lowest BCUT2D eigenvalue weighted by Crippen LogP contribution is -2.46. The average Bonchev–Trinajstić information content (AvgIpc) is 3.39. The number of hydrogen-bond acceptors (Lipinski definition) is 4. The Kier molecular flexibility index (Phi) is 9.45. The van der Waals surface area contributed by atoms with E-state index in [-0.39, 0.29) is 18.7 Å². The highest BCUT2D eigenvalue weighted by atomic mass is 19.4. The van der Waals surface area contributed by atoms with Gasteiger partial charge in [-0.15, -0.1) is 0 Å². The van der Waals surface area contributed by atoms with E-state index in [2.05, 4.69) is 23.6 Å². The molecule has 0 radical (unpaired) electrons. The van der Waals surface area contributed by atoms with Crippen molar-refractivity contribution in [3.63, 3.8) is 0 Å². The van der Waals surface area contributed by atoms with E-state index in [0.29, 0.717) is 16.8 Å². The molecule has 0 aliphatic carbocycles. The van der Waals surface area contributed by atoms with Crippen LogP contribution in [0.25, 0.3) is 27.6 Å². The Labute approximate surface area is 225 Å². The van der Waals surface area contributed by atoms with Gasteiger partial charge in [0.1, 0.15) is 6.17 Å². The summed E-state index contributed by atoms with van der Waals surface area (Å²) >= 11 is 0. The summed E-state index contributed by atoms with van der Waals surface area (Å²) in [4.78, 5) is 11.7. The maximum Gasteiger partial charge on any atom is 0.435 e. The van der Waals surface area contributed by atoms with E-state index in [1.165, 1.54) is 4.68 Å². The smallest absolute Gasteiger partial charge is 0.350 e. The molecule has 4 rings (SSSR count). The molecule has 1 amide bonds. The molecule has 9 heteroatoms. The number of fused-ring (bicyclic) bond motifs is 1. The molecule has 0 fully saturated rings. The number of halogens is 3. The van der Waals surface area contributed by atoms with Crippen molar-refractivity contribution < 1.29 is 18.0 Å². The standard InChI is InChI=1S/C28H26F3N5O.C2H6/c1-17(22-12-6-9-20-8-3-4-11-23(20)22)13-18(2)24-15-25(28(29,30)31)35-36(24)21-10-5-7-19(14-21)16-34-27(37)26(32)33;1-2/h3-12,14-15,26H,1-2,13,16,32-33H2,(H,34,37);1-2H3. The van der Waals surface area contributed by atoms with Crippen molar-refractivity contribution in [3.8, 4) is 5.69 Å². The van der Waals surface area contributed by atoms with Crippen molar-refractivity contribution in [1.82, 2.24) is 15.1 Å². The third-order valence-corrected chi connectivity index (χ3v) is 5.88. The lowest BCUT2D eigenvalue weighted by molar-refractivity contribution is -0.141. The number of alkyl halides is 3. The van der Waals surface area contributed by atoms with Gasteiger partial charge in [0.2, 0.25) is 0 Å². The lowest BCUT2D eigenvalue weighted by atomic mass is 9.94. The van der Waals surface area contributed by atoms with Crippen LogP contribution in [0.5, 0.6) is 0 Å². The summed E-state index contributed by atoms with van der Waals surface area (Å²) in [5, 5.41) is 8.45. The number of hydrogen-bond donors (Lipinski definition) is 3. The van der Waals surface area contributed by atoms with E-state index >= 15 is 0 Å². The molecule has 39 heavy (non-hydrogen) atoms. The van der Waals surface area contributed by atoms with Gasteiger partial charge in [-0.3, -0.25) is 4.79 Å². The van der Waals surface area contributed by atoms with Crippen molar-refractivity contribution in [2.45, 2.75) is 39.2 Å². The molecule has 0 saturated carbocycles. The second-order valence-corrected chi connectivity index (χ2v) is 8.65. The third kappa shape index (κ3) is 7.01. The van der Waals surface area contributed by atoms with Crippen LogP contribution in [0.4, 0.5) is 13.2 Å². The van der Waals surface area contributed by atoms with Gasteiger partial charge in [0.15, 0.2) is 5.69 Å². The fraction of sp³-hybridized carbons (Fsp3) is 0.200. The highest BCUT2D eigenvalue weighted by Gasteiger charge is 2.35. The molecule has 0 saturated heterocycles. The summed E-state index contributed by atoms with van der Waals surface area (Å²) in [5.74, 6) is -0.551. The molecule has 0 atom stereocenters. The van der Waals surface area contributed by atoms with Crippen LogP contribution in [0.1, 0.15) is 42.8 Å². The summed E-state index contributed by atoms with van der Waals surface area (Å²) in [6, 6.07) is 21.3. The molecule has 1 heterocycles. The Bertz CT molecular complexity index is 1480. The molecule has 6 nitrogen and oxygen atoms in total. The molecule has 0 aliphatic heterocycles. The predicted molar refractivity (Wildman–Crippen MR) is 151 cm³/mol. The number of carbonyl (C=O) groups excluding carboxylic acids is 1. The van der Waals surface area contributed by atoms with Gasteiger partial charge in [0, 0.05) is 6.54 Å². The molecule has 0 bridgehead atoms. The minimum atomic E-state index is -4.64. The zero-order valence-electron chi connectivity index (χ0n) is 21.9. The first-order valence-corrected chi connectivity index (χ1v) is 12.4. The fourth-order valence-electron chi connectivity index (χ4n) is 4.05. The highest BCUT2D eigenvalue weighted by Crippen LogP contribution is 2.35. The quantitative estimate of drug-likeness (QED) is 0.239. The van der Waals surface area contributed by atoms with Gasteiger partial charge in [0.25, 0.3) is 5.91 Å². The van der Waals surface area contributed by atoms with Gasteiger partial charge >= 0.3 is 6.18 Å². The second kappa shape index (κ2) is 12.6. The molecule has 204 valence electrons. The van der Waals surface area contributed by atoms with Crippen LogP contribution in [0.2, 0.25) is 0 Å². The number of nitrogens with two attached hydrogens (primary N) is 2. The average molecular weight is 536 g/mol. The van der Waals surface area contributed by atoms with Crippen LogP contribution in [0.3, 0.4) is 0 Å². The van der Waals surface area contributed by atoms with Gasteiger partial charge < -0.3 is 16.8 Å². The Balaban J connectivity index is 0.00000205. The molecular weight excluding hydrogens is 503 g/mol. The SMILES string of the molecule is C=C(CC(=C)c1cc(C(F)(F)F)nn1-c1cccc(CNC(=O)C(N)N)c1)c1cccc2ccccc12.CC. The van der Waals surface area contributed by atoms with Gasteiger partial charge in [-0.2, -0.15) is 18.3 Å². The van der Waals surface area contributed by atoms with Crippen LogP contribution in [0.15, 0.2) is 86.0 Å². The minimum absolute atomic E-state index is 0.0964. The van der Waals surface area contributed by atoms with Gasteiger partial charge in [0.05, 0.1) is 11.4 Å². The van der Waals surface area contributed by atoms with Crippen LogP contribution in [-0.4, -0.2) is 21.9 Å². The van der Waals surface area contributed by atoms with E-state index in [1.807, 2.05) is 56.3 Å². The minimum Gasteiger partial charge on any atom is -0.350 e. The number of aromatic nitrogens is 2. The van der Waals surface area contributed by atoms with E-state index in [1.54, 1.807) is 24.3 Å². The zero-order valence-corrected chi connectivity index (χ0v) is 21.9. The molecule has 4 aromatic rings. The van der Waals surface area contributed by atoms with E-state index in [4.69, 9.17) is 11.5 Å². The largest absolute Gasteiger partial charge is 0.435 e. The number of allylic oxidation sites excluding steroid dienone is 2. The Morgan fingerprint density at radius 2 is 1.64 bits per heavy atom. The third-order valence-electron chi connectivity index (χ3n) is 5.88. The summed E-state index contributed by atoms with van der Waals surface area (Å²) in [5.41, 5.74) is 12.9. The van der Waals surface area contributed by atoms with Crippen LogP contribution in [-0.2, 0) is 17.5 Å². The molecule has 5 N–H and O–H groups in total. The number of benzene rings is 3. The summed E-state index contributed by atoms with van der Waals surface area (Å²) in [6.07, 6.45) is -5.58. The van der Waals surface area contributed by atoms with Crippen LogP contribution >= 0.6 is 0 Å². The Hall–Kier alpha value is -4.21. The van der Waals surface area contributed by atoms with Crippen molar-refractivity contribution in [2.75, 3.05) is 0 Å². The van der Waals surface area contributed by atoms with Crippen molar-refractivity contribution in [2.24, 2.45) is 11.5 Å². The molecular formula is C30H32F3N5O. The van der Waals surface area contributed by atoms with Crippen LogP contribution in [0, 0.1) is 0 Å². The molecule has 1 aromatic heterocycles. The monoisotopic (exact) mass is 535 g/mol. The summed E-state index contributed by atoms with van der Waals surface area (Å²) < 4.78 is 42.1. The highest BCUT2D eigenvalue weighted by molar-refractivity contribution is 5.95. The maximum atomic E-state index is 13.6. The number of rotatable bonds is 8. The van der Waals surface area contributed by atoms with Crippen molar-refractivity contribution in [1.29, 1.82) is 0 Å². The maximum absolute atomic E-state index is 13.6. The first-order valence-electron chi connectivity index (χ1n) is 12.4. The molecule has 0 aliphatic rings. The molecule has 0 unspecified atom stereocenters. The van der Waals surface area contributed by atoms with Gasteiger partial charge in [-0.25, -0.2) is 4.68 Å². The van der Waals surface area contributed by atoms with Crippen LogP contribution < -0.4 is 16.8 Å². The first-order chi connectivity index (χ1) is 18.5. The lowest BCUT2D eigenvalue weighted by Gasteiger charge is -2.14. The Morgan fingerprint density at radius 3 is 2.33 bits per heavy atom. The summed E-state index contributed by atoms with van der Waals surface area (Å²) in [7, 11) is 0. The normalized spacial score (nSPS) is 11.2. The van der Waals surface area contributed by atoms with Gasteiger partial charge in [-0.1, -0.05) is 81.6 Å². The summed E-state index contributed by atoms with van der Waals surface area (Å²) in [6.45, 7) is 12.4. The molecule has 0 spiro atoms. The van der Waals surface area contributed by atoms with Crippen molar-refractivity contribution in [3.05, 3.63) is 108 Å². The number of nitrogens with zero attached hydrogens (tertiary/aromatic N) is 2. The fourth-order valence-corrected chi connectivity index (χ4v) is 4.05. The predicted octanol–water partition coefficient (Wildman–Crippen LogP) is 6.05. The first kappa shape index (κ1) is 29.3. The number of carbonyl (C=O) groups is 1. The van der Waals surface area contributed by atoms with E-state index < -0.39 is 23.9 Å². The van der Waals surface area contributed by atoms with Gasteiger partial charge in [-0.05, 0) is 57.7 Å².